The van der Waals surface area contributed by atoms with E-state index in [1.54, 1.807) is 0 Å². The molecule has 0 amide bonds. The van der Waals surface area contributed by atoms with Gasteiger partial charge in [0.15, 0.2) is 0 Å². The molecule has 1 atom stereocenters. The zero-order chi connectivity index (χ0) is 6.41. The van der Waals surface area contributed by atoms with E-state index in [0.29, 0.717) is 6.10 Å². The van der Waals surface area contributed by atoms with Crippen LogP contribution in [-0.4, -0.2) is 23.4 Å². The van der Waals surface area contributed by atoms with Crippen molar-refractivity contribution >= 4 is 31.9 Å². The smallest absolute Gasteiger partial charge is 0.0781 e. The third-order valence-electron chi connectivity index (χ3n) is 0.571. The highest BCUT2D eigenvalue weighted by molar-refractivity contribution is 9.11. The van der Waals surface area contributed by atoms with Crippen LogP contribution >= 0.6 is 31.9 Å². The first-order valence-corrected chi connectivity index (χ1v) is 4.79. The second-order valence-electron chi connectivity index (χ2n) is 1.52. The summed E-state index contributed by atoms with van der Waals surface area (Å²) in [5.74, 6) is 0. The quantitative estimate of drug-likeness (QED) is 0.510. The molecule has 0 spiro atoms. The van der Waals surface area contributed by atoms with Gasteiger partial charge in [0, 0.05) is 10.7 Å². The van der Waals surface area contributed by atoms with Crippen molar-refractivity contribution < 1.29 is 4.74 Å². The van der Waals surface area contributed by atoms with Crippen molar-refractivity contribution in [1.29, 1.82) is 0 Å². The zero-order valence-corrected chi connectivity index (χ0v) is 8.03. The predicted molar refractivity (Wildman–Crippen MR) is 43.0 cm³/mol. The van der Waals surface area contributed by atoms with Crippen LogP contribution < -0.4 is 0 Å². The lowest BCUT2D eigenvalue weighted by Crippen LogP contribution is -1.61. The fourth-order valence-electron chi connectivity index (χ4n) is 0.0962. The minimum atomic E-state index is 0.583. The van der Waals surface area contributed by atoms with E-state index in [2.05, 4.69) is 38.8 Å². The number of epoxide rings is 1. The van der Waals surface area contributed by atoms with Gasteiger partial charge in [-0.25, -0.2) is 0 Å². The van der Waals surface area contributed by atoms with Crippen LogP contribution in [0.4, 0.5) is 0 Å². The van der Waals surface area contributed by atoms with Gasteiger partial charge in [-0.05, 0) is 6.92 Å². The summed E-state index contributed by atoms with van der Waals surface area (Å²) in [6.45, 7) is 3.04. The van der Waals surface area contributed by atoms with Crippen LogP contribution in [0.3, 0.4) is 0 Å². The van der Waals surface area contributed by atoms with Gasteiger partial charge in [0.2, 0.25) is 0 Å². The average Bonchev–Trinajstić information content (AvgIpc) is 2.52. The number of hydrogen-bond acceptors (Lipinski definition) is 1. The molecule has 50 valence electrons. The zero-order valence-electron chi connectivity index (χ0n) is 4.86. The summed E-state index contributed by atoms with van der Waals surface area (Å²) in [7, 11) is 0. The van der Waals surface area contributed by atoms with Crippen molar-refractivity contribution in [1.82, 2.24) is 0 Å². The highest BCUT2D eigenvalue weighted by Gasteiger charge is 2.13. The highest BCUT2D eigenvalue weighted by Crippen LogP contribution is 2.04. The van der Waals surface area contributed by atoms with Crippen molar-refractivity contribution in [3.05, 3.63) is 0 Å². The molecular weight excluding hydrogens is 236 g/mol. The summed E-state index contributed by atoms with van der Waals surface area (Å²) in [5, 5.41) is 2.10. The first kappa shape index (κ1) is 8.92. The Morgan fingerprint density at radius 1 is 1.50 bits per heavy atom. The molecule has 1 fully saturated rings. The predicted octanol–water partition coefficient (Wildman–Crippen LogP) is 2.18. The number of ether oxygens (including phenoxy) is 1. The maximum atomic E-state index is 4.71. The average molecular weight is 246 g/mol. The van der Waals surface area contributed by atoms with Gasteiger partial charge in [0.05, 0.1) is 12.7 Å². The van der Waals surface area contributed by atoms with E-state index in [1.807, 2.05) is 0 Å². The Hall–Kier alpha value is 0.920. The molecule has 0 saturated carbocycles. The van der Waals surface area contributed by atoms with Crippen LogP contribution in [-0.2, 0) is 4.74 Å². The first-order valence-electron chi connectivity index (χ1n) is 2.54. The molecule has 0 aliphatic carbocycles. The Morgan fingerprint density at radius 2 is 1.75 bits per heavy atom. The molecule has 1 aliphatic rings. The van der Waals surface area contributed by atoms with Gasteiger partial charge in [-0.2, -0.15) is 0 Å². The molecule has 1 heterocycles. The van der Waals surface area contributed by atoms with E-state index in [0.717, 1.165) is 17.3 Å². The second-order valence-corrected chi connectivity index (χ2v) is 3.11. The Morgan fingerprint density at radius 3 is 1.75 bits per heavy atom. The fourth-order valence-corrected chi connectivity index (χ4v) is 0.0962. The standard InChI is InChI=1S/C3H6O.C2H4Br2/c1-3-2-4-3;3-1-2-4/h3H,2H2,1H3;1-2H2. The maximum absolute atomic E-state index is 4.71. The number of hydrogen-bond donors (Lipinski definition) is 0. The third kappa shape index (κ3) is 10.0. The molecule has 3 heteroatoms. The molecule has 1 unspecified atom stereocenters. The Balaban J connectivity index is 0.000000122. The van der Waals surface area contributed by atoms with Crippen LogP contribution in [0.5, 0.6) is 0 Å². The monoisotopic (exact) mass is 244 g/mol. The van der Waals surface area contributed by atoms with Crippen molar-refractivity contribution in [2.24, 2.45) is 0 Å². The summed E-state index contributed by atoms with van der Waals surface area (Å²) < 4.78 is 4.71. The van der Waals surface area contributed by atoms with Crippen molar-refractivity contribution in [3.63, 3.8) is 0 Å². The summed E-state index contributed by atoms with van der Waals surface area (Å²) in [6.07, 6.45) is 0.583. The lowest BCUT2D eigenvalue weighted by atomic mass is 10.6. The van der Waals surface area contributed by atoms with E-state index in [4.69, 9.17) is 4.74 Å². The topological polar surface area (TPSA) is 12.5 Å². The van der Waals surface area contributed by atoms with Crippen LogP contribution in [0.15, 0.2) is 0 Å². The molecule has 0 N–H and O–H groups in total. The van der Waals surface area contributed by atoms with Crippen LogP contribution in [0, 0.1) is 0 Å². The molecule has 0 radical (unpaired) electrons. The van der Waals surface area contributed by atoms with E-state index in [1.165, 1.54) is 0 Å². The SMILES string of the molecule is BrCCBr.CC1CO1. The molecule has 0 aromatic carbocycles. The summed E-state index contributed by atoms with van der Waals surface area (Å²) in [5.41, 5.74) is 0. The van der Waals surface area contributed by atoms with Gasteiger partial charge in [0.1, 0.15) is 0 Å². The molecular formula is C5H10Br2O. The molecule has 8 heavy (non-hydrogen) atoms. The lowest BCUT2D eigenvalue weighted by Gasteiger charge is -1.63. The van der Waals surface area contributed by atoms with E-state index in [9.17, 15) is 0 Å². The van der Waals surface area contributed by atoms with E-state index >= 15 is 0 Å². The number of alkyl halides is 2. The van der Waals surface area contributed by atoms with Crippen LogP contribution in [0.25, 0.3) is 0 Å². The first-order chi connectivity index (χ1) is 3.81. The minimum Gasteiger partial charge on any atom is -0.373 e. The molecule has 0 bridgehead atoms. The Bertz CT molecular complexity index is 43.7. The Kier molecular flexibility index (Phi) is 6.74. The van der Waals surface area contributed by atoms with Crippen LogP contribution in [0.2, 0.25) is 0 Å². The van der Waals surface area contributed by atoms with Crippen molar-refractivity contribution in [2.45, 2.75) is 13.0 Å². The molecule has 1 rings (SSSR count). The number of rotatable bonds is 1. The normalized spacial score (nSPS) is 23.6. The van der Waals surface area contributed by atoms with Gasteiger partial charge in [-0.3, -0.25) is 0 Å². The summed E-state index contributed by atoms with van der Waals surface area (Å²) in [4.78, 5) is 0. The third-order valence-corrected chi connectivity index (χ3v) is 2.43. The second kappa shape index (κ2) is 6.05. The van der Waals surface area contributed by atoms with Gasteiger partial charge in [-0.1, -0.05) is 31.9 Å². The molecule has 1 saturated heterocycles. The molecule has 1 nitrogen and oxygen atoms in total. The maximum Gasteiger partial charge on any atom is 0.0781 e. The molecule has 1 aliphatic heterocycles. The van der Waals surface area contributed by atoms with Crippen molar-refractivity contribution in [3.8, 4) is 0 Å². The Labute approximate surface area is 67.0 Å². The van der Waals surface area contributed by atoms with Crippen molar-refractivity contribution in [2.75, 3.05) is 17.3 Å². The van der Waals surface area contributed by atoms with Gasteiger partial charge >= 0.3 is 0 Å². The van der Waals surface area contributed by atoms with Gasteiger partial charge < -0.3 is 4.74 Å². The number of halogens is 2. The molecule has 0 aromatic rings. The molecule has 0 aromatic heterocycles. The summed E-state index contributed by atoms with van der Waals surface area (Å²) >= 11 is 6.40. The van der Waals surface area contributed by atoms with E-state index in [-0.39, 0.29) is 0 Å². The lowest BCUT2D eigenvalue weighted by molar-refractivity contribution is 0.423. The highest BCUT2D eigenvalue weighted by atomic mass is 79.9. The minimum absolute atomic E-state index is 0.583. The van der Waals surface area contributed by atoms with Crippen LogP contribution in [0.1, 0.15) is 6.92 Å². The van der Waals surface area contributed by atoms with Gasteiger partial charge in [0.25, 0.3) is 0 Å². The summed E-state index contributed by atoms with van der Waals surface area (Å²) in [6, 6.07) is 0. The fraction of sp³-hybridized carbons (Fsp3) is 1.00. The largest absolute Gasteiger partial charge is 0.373 e. The van der Waals surface area contributed by atoms with Gasteiger partial charge in [-0.15, -0.1) is 0 Å². The van der Waals surface area contributed by atoms with E-state index < -0.39 is 0 Å².